The van der Waals surface area contributed by atoms with E-state index in [-0.39, 0.29) is 39.8 Å². The zero-order valence-electron chi connectivity index (χ0n) is 23.7. The minimum Gasteiger partial charge on any atom is -0.375 e. The van der Waals surface area contributed by atoms with E-state index in [4.69, 9.17) is 0 Å². The number of carbonyl (C=O) groups is 2. The van der Waals surface area contributed by atoms with Gasteiger partial charge in [0.25, 0.3) is 11.8 Å². The van der Waals surface area contributed by atoms with Crippen LogP contribution in [0.1, 0.15) is 47.8 Å². The Bertz CT molecular complexity index is 1330. The number of nitrogens with one attached hydrogen (secondary N) is 2. The summed E-state index contributed by atoms with van der Waals surface area (Å²) in [6.07, 6.45) is 1.81. The predicted octanol–water partition coefficient (Wildman–Crippen LogP) is 4.61. The van der Waals surface area contributed by atoms with Crippen molar-refractivity contribution in [2.75, 3.05) is 22.1 Å². The van der Waals surface area contributed by atoms with Gasteiger partial charge >= 0.3 is 0 Å². The SMILES string of the molecule is CC[C@@](O)(C(=O)Nc1nnc(CCSCCc2nnc(NC(=O)[C@](O)(CC)c3ccccc3)s2)s1)c1ccccc1.S.S. The number of carbonyl (C=O) groups excluding carboxylic acids is 2. The number of aromatic nitrogens is 4. The van der Waals surface area contributed by atoms with Crippen molar-refractivity contribution < 1.29 is 19.8 Å². The highest BCUT2D eigenvalue weighted by Crippen LogP contribution is 2.29. The van der Waals surface area contributed by atoms with E-state index in [1.807, 2.05) is 12.1 Å². The minimum atomic E-state index is -1.64. The van der Waals surface area contributed by atoms with Gasteiger partial charge in [-0.2, -0.15) is 38.8 Å². The lowest BCUT2D eigenvalue weighted by molar-refractivity contribution is -0.135. The van der Waals surface area contributed by atoms with Crippen molar-refractivity contribution in [1.82, 2.24) is 20.4 Å². The van der Waals surface area contributed by atoms with Gasteiger partial charge in [-0.05, 0) is 35.5 Å². The van der Waals surface area contributed by atoms with E-state index < -0.39 is 23.0 Å². The van der Waals surface area contributed by atoms with Gasteiger partial charge in [-0.25, -0.2) is 0 Å². The van der Waals surface area contributed by atoms with Crippen LogP contribution in [0.3, 0.4) is 0 Å². The summed E-state index contributed by atoms with van der Waals surface area (Å²) in [6.45, 7) is 3.51. The smallest absolute Gasteiger partial charge is 0.262 e. The lowest BCUT2D eigenvalue weighted by Gasteiger charge is -2.25. The van der Waals surface area contributed by atoms with Gasteiger partial charge in [0, 0.05) is 12.8 Å². The first-order valence-corrected chi connectivity index (χ1v) is 16.0. The molecule has 0 aliphatic rings. The van der Waals surface area contributed by atoms with Crippen LogP contribution in [0.4, 0.5) is 10.3 Å². The fourth-order valence-corrected chi connectivity index (χ4v) is 6.66. The van der Waals surface area contributed by atoms with Crippen LogP contribution in [0.25, 0.3) is 0 Å². The van der Waals surface area contributed by atoms with Crippen LogP contribution < -0.4 is 10.6 Å². The Morgan fingerprint density at radius 2 is 1.07 bits per heavy atom. The number of hydrogen-bond donors (Lipinski definition) is 4. The Kier molecular flexibility index (Phi) is 14.6. The molecule has 0 saturated heterocycles. The monoisotopic (exact) mass is 680 g/mol. The van der Waals surface area contributed by atoms with Crippen molar-refractivity contribution in [1.29, 1.82) is 0 Å². The van der Waals surface area contributed by atoms with Gasteiger partial charge in [0.05, 0.1) is 0 Å². The van der Waals surface area contributed by atoms with Gasteiger partial charge in [0.2, 0.25) is 10.3 Å². The third-order valence-corrected chi connectivity index (χ3v) is 9.35. The number of thioether (sulfide) groups is 1. The summed E-state index contributed by atoms with van der Waals surface area (Å²) in [6, 6.07) is 17.7. The quantitative estimate of drug-likeness (QED) is 0.140. The van der Waals surface area contributed by atoms with Crippen molar-refractivity contribution >= 4 is 83.5 Å². The number of benzene rings is 2. The highest BCUT2D eigenvalue weighted by Gasteiger charge is 2.37. The molecule has 0 spiro atoms. The molecule has 2 amide bonds. The van der Waals surface area contributed by atoms with Gasteiger partial charge in [0.15, 0.2) is 11.2 Å². The number of aliphatic hydroxyl groups is 2. The van der Waals surface area contributed by atoms with Crippen LogP contribution >= 0.6 is 61.4 Å². The molecule has 10 nitrogen and oxygen atoms in total. The summed E-state index contributed by atoms with van der Waals surface area (Å²) in [4.78, 5) is 25.7. The lowest BCUT2D eigenvalue weighted by atomic mass is 9.90. The number of nitrogens with zero attached hydrogens (tertiary/aromatic N) is 4. The summed E-state index contributed by atoms with van der Waals surface area (Å²) in [5, 5.41) is 46.1. The van der Waals surface area contributed by atoms with E-state index >= 15 is 0 Å². The summed E-state index contributed by atoms with van der Waals surface area (Å²) >= 11 is 4.30. The van der Waals surface area contributed by atoms with E-state index in [0.717, 1.165) is 21.5 Å². The molecule has 0 saturated carbocycles. The predicted molar refractivity (Wildman–Crippen MR) is 184 cm³/mol. The van der Waals surface area contributed by atoms with Crippen LogP contribution in [-0.4, -0.2) is 53.9 Å². The Labute approximate surface area is 277 Å². The summed E-state index contributed by atoms with van der Waals surface area (Å²) in [7, 11) is 0. The first-order valence-electron chi connectivity index (χ1n) is 13.2. The standard InChI is InChI=1S/C28H32N6O4S3.2H2S/c1-3-27(37,19-11-7-5-8-12-19)23(35)29-25-33-31-21(40-25)15-17-39-18-16-22-32-34-26(41-22)30-24(36)28(38,4-2)20-13-9-6-10-14-20;;/h5-14,37-38H,3-4,15-18H2,1-2H3,(H,29,33,35)(H,30,34,36);2*1H2/t27-,28-;;/m0../s1. The van der Waals surface area contributed by atoms with E-state index in [0.29, 0.717) is 34.2 Å². The first-order chi connectivity index (χ1) is 19.8. The number of hydrogen-bond acceptors (Lipinski definition) is 11. The molecule has 0 bridgehead atoms. The van der Waals surface area contributed by atoms with Crippen LogP contribution in [0.2, 0.25) is 0 Å². The van der Waals surface area contributed by atoms with E-state index in [1.54, 1.807) is 74.1 Å². The number of anilines is 2. The number of rotatable bonds is 14. The van der Waals surface area contributed by atoms with E-state index in [9.17, 15) is 19.8 Å². The Hall–Kier alpha value is -2.53. The second-order valence-electron chi connectivity index (χ2n) is 9.18. The summed E-state index contributed by atoms with van der Waals surface area (Å²) in [5.41, 5.74) is -2.23. The molecule has 2 aromatic heterocycles. The van der Waals surface area contributed by atoms with Gasteiger partial charge in [-0.15, -0.1) is 20.4 Å². The molecule has 232 valence electrons. The largest absolute Gasteiger partial charge is 0.375 e. The second kappa shape index (κ2) is 17.1. The maximum absolute atomic E-state index is 12.8. The van der Waals surface area contributed by atoms with Gasteiger partial charge in [-0.3, -0.25) is 20.2 Å². The molecule has 2 aromatic carbocycles. The molecule has 4 N–H and O–H groups in total. The van der Waals surface area contributed by atoms with Crippen LogP contribution in [0.15, 0.2) is 60.7 Å². The highest BCUT2D eigenvalue weighted by atomic mass is 32.2. The molecule has 15 heteroatoms. The molecule has 2 atom stereocenters. The van der Waals surface area contributed by atoms with Gasteiger partial charge in [0.1, 0.15) is 10.0 Å². The van der Waals surface area contributed by atoms with Gasteiger partial charge in [-0.1, -0.05) is 97.2 Å². The zero-order valence-corrected chi connectivity index (χ0v) is 28.2. The van der Waals surface area contributed by atoms with Gasteiger partial charge < -0.3 is 10.2 Å². The van der Waals surface area contributed by atoms with Crippen LogP contribution in [-0.2, 0) is 33.6 Å². The molecular formula is C28H36N6O4S5. The number of amides is 2. The van der Waals surface area contributed by atoms with E-state index in [2.05, 4.69) is 31.0 Å². The molecule has 4 rings (SSSR count). The topological polar surface area (TPSA) is 150 Å². The molecular weight excluding hydrogens is 645 g/mol. The summed E-state index contributed by atoms with van der Waals surface area (Å²) < 4.78 is 0. The Morgan fingerprint density at radius 1 is 0.698 bits per heavy atom. The van der Waals surface area contributed by atoms with Crippen LogP contribution in [0, 0.1) is 0 Å². The normalized spacial score (nSPS) is 13.5. The molecule has 0 unspecified atom stereocenters. The number of aryl methyl sites for hydroxylation is 2. The highest BCUT2D eigenvalue weighted by molar-refractivity contribution is 7.99. The fraction of sp³-hybridized carbons (Fsp3) is 0.357. The third-order valence-electron chi connectivity index (χ3n) is 6.57. The van der Waals surface area contributed by atoms with E-state index in [1.165, 1.54) is 22.7 Å². The Balaban J connectivity index is 0.00000323. The molecule has 0 aliphatic heterocycles. The van der Waals surface area contributed by atoms with Crippen LogP contribution in [0.5, 0.6) is 0 Å². The average molecular weight is 681 g/mol. The molecule has 0 aliphatic carbocycles. The third kappa shape index (κ3) is 9.23. The minimum absolute atomic E-state index is 0. The first kappa shape index (κ1) is 36.7. The van der Waals surface area contributed by atoms with Crippen molar-refractivity contribution in [3.8, 4) is 0 Å². The van der Waals surface area contributed by atoms with Crippen molar-refractivity contribution in [3.63, 3.8) is 0 Å². The van der Waals surface area contributed by atoms with Crippen molar-refractivity contribution in [3.05, 3.63) is 81.8 Å². The maximum Gasteiger partial charge on any atom is 0.262 e. The molecule has 0 fully saturated rings. The second-order valence-corrected chi connectivity index (χ2v) is 12.5. The maximum atomic E-state index is 12.8. The van der Waals surface area contributed by atoms with Crippen molar-refractivity contribution in [2.24, 2.45) is 0 Å². The molecule has 2 heterocycles. The molecule has 43 heavy (non-hydrogen) atoms. The fourth-order valence-electron chi connectivity index (χ4n) is 4.05. The van der Waals surface area contributed by atoms with Crippen molar-refractivity contribution in [2.45, 2.75) is 50.7 Å². The molecule has 0 radical (unpaired) electrons. The zero-order chi connectivity index (χ0) is 29.3. The Morgan fingerprint density at radius 3 is 1.42 bits per heavy atom. The lowest BCUT2D eigenvalue weighted by Crippen LogP contribution is -2.39. The molecule has 4 aromatic rings. The summed E-state index contributed by atoms with van der Waals surface area (Å²) in [5.74, 6) is 0.536. The average Bonchev–Trinajstić information content (AvgIpc) is 3.65.